The lowest BCUT2D eigenvalue weighted by molar-refractivity contribution is -0.137. The van der Waals surface area contributed by atoms with Crippen molar-refractivity contribution in [2.45, 2.75) is 26.2 Å². The van der Waals surface area contributed by atoms with Crippen molar-refractivity contribution in [3.8, 4) is 11.5 Å². The van der Waals surface area contributed by atoms with Crippen LogP contribution >= 0.6 is 0 Å². The van der Waals surface area contributed by atoms with Crippen LogP contribution in [0.1, 0.15) is 24.7 Å². The third kappa shape index (κ3) is 5.59. The highest BCUT2D eigenvalue weighted by molar-refractivity contribution is 5.75. The average molecular weight is 346 g/mol. The number of carbonyl (C=O) groups is 2. The Hall–Kier alpha value is -2.90. The van der Waals surface area contributed by atoms with Crippen molar-refractivity contribution in [1.82, 2.24) is 20.4 Å². The largest absolute Gasteiger partial charge is 0.481 e. The summed E-state index contributed by atoms with van der Waals surface area (Å²) in [7, 11) is 1.57. The van der Waals surface area contributed by atoms with Gasteiger partial charge in [-0.25, -0.2) is 4.79 Å². The van der Waals surface area contributed by atoms with E-state index in [9.17, 15) is 9.59 Å². The molecule has 0 aliphatic rings. The van der Waals surface area contributed by atoms with Gasteiger partial charge in [-0.15, -0.1) is 0 Å². The van der Waals surface area contributed by atoms with E-state index in [0.717, 1.165) is 17.5 Å². The molecule has 8 nitrogen and oxygen atoms in total. The number of rotatable bonds is 8. The lowest BCUT2D eigenvalue weighted by Crippen LogP contribution is -2.39. The molecule has 1 aromatic carbocycles. The Kier molecular flexibility index (Phi) is 6.50. The van der Waals surface area contributed by atoms with Crippen LogP contribution in [0.3, 0.4) is 0 Å². The summed E-state index contributed by atoms with van der Waals surface area (Å²) in [5.41, 5.74) is 1.92. The number of nitrogens with one attached hydrogen (secondary N) is 1. The smallest absolute Gasteiger partial charge is 0.317 e. The quantitative estimate of drug-likeness (QED) is 0.756. The minimum atomic E-state index is -0.924. The number of hydrogen-bond acceptors (Lipinski definition) is 5. The number of carboxylic acid groups (broad SMARTS) is 1. The molecule has 0 saturated carbocycles. The molecule has 2 amide bonds. The SMILES string of the molecule is CCc1noc(-c2ccc(CCNC(=O)N(C)CCC(=O)O)cc2)n1. The molecule has 2 rings (SSSR count). The molecule has 0 saturated heterocycles. The lowest BCUT2D eigenvalue weighted by Gasteiger charge is -2.16. The highest BCUT2D eigenvalue weighted by atomic mass is 16.5. The zero-order chi connectivity index (χ0) is 18.2. The molecule has 0 radical (unpaired) electrons. The Labute approximate surface area is 145 Å². The van der Waals surface area contributed by atoms with Crippen molar-refractivity contribution < 1.29 is 19.2 Å². The van der Waals surface area contributed by atoms with E-state index in [1.165, 1.54) is 4.90 Å². The second-order valence-corrected chi connectivity index (χ2v) is 5.61. The van der Waals surface area contributed by atoms with Gasteiger partial charge >= 0.3 is 12.0 Å². The molecular formula is C17H22N4O4. The first kappa shape index (κ1) is 18.4. The standard InChI is InChI=1S/C17H22N4O4/c1-3-14-19-16(25-20-14)13-6-4-12(5-7-13)8-10-18-17(24)21(2)11-9-15(22)23/h4-7H,3,8-11H2,1-2H3,(H,18,24)(H,22,23). The van der Waals surface area contributed by atoms with Crippen molar-refractivity contribution >= 4 is 12.0 Å². The van der Waals surface area contributed by atoms with Crippen LogP contribution in [0.15, 0.2) is 28.8 Å². The Morgan fingerprint density at radius 1 is 1.28 bits per heavy atom. The van der Waals surface area contributed by atoms with Gasteiger partial charge in [0.05, 0.1) is 6.42 Å². The van der Waals surface area contributed by atoms with Crippen LogP contribution in [0.5, 0.6) is 0 Å². The Morgan fingerprint density at radius 2 is 2.00 bits per heavy atom. The van der Waals surface area contributed by atoms with E-state index in [1.807, 2.05) is 31.2 Å². The van der Waals surface area contributed by atoms with E-state index >= 15 is 0 Å². The first-order valence-electron chi connectivity index (χ1n) is 8.12. The third-order valence-electron chi connectivity index (χ3n) is 3.68. The summed E-state index contributed by atoms with van der Waals surface area (Å²) in [6.07, 6.45) is 1.33. The van der Waals surface area contributed by atoms with Crippen LogP contribution in [0.4, 0.5) is 4.79 Å². The number of aromatic nitrogens is 2. The predicted molar refractivity (Wildman–Crippen MR) is 91.1 cm³/mol. The number of hydrogen-bond donors (Lipinski definition) is 2. The molecule has 1 aromatic heterocycles. The first-order chi connectivity index (χ1) is 12.0. The van der Waals surface area contributed by atoms with Crippen LogP contribution in [0, 0.1) is 0 Å². The minimum absolute atomic E-state index is 0.0687. The third-order valence-corrected chi connectivity index (χ3v) is 3.68. The zero-order valence-electron chi connectivity index (χ0n) is 14.4. The Balaban J connectivity index is 1.79. The molecular weight excluding hydrogens is 324 g/mol. The molecule has 25 heavy (non-hydrogen) atoms. The predicted octanol–water partition coefficient (Wildman–Crippen LogP) is 1.96. The summed E-state index contributed by atoms with van der Waals surface area (Å²) < 4.78 is 5.19. The van der Waals surface area contributed by atoms with Gasteiger partial charge < -0.3 is 19.8 Å². The fourth-order valence-electron chi connectivity index (χ4n) is 2.14. The van der Waals surface area contributed by atoms with Gasteiger partial charge in [0.1, 0.15) is 0 Å². The van der Waals surface area contributed by atoms with Gasteiger partial charge in [-0.3, -0.25) is 4.79 Å². The molecule has 0 atom stereocenters. The second kappa shape index (κ2) is 8.81. The van der Waals surface area contributed by atoms with E-state index < -0.39 is 5.97 Å². The van der Waals surface area contributed by atoms with Crippen LogP contribution in [-0.2, 0) is 17.6 Å². The number of carbonyl (C=O) groups excluding carboxylic acids is 1. The molecule has 2 N–H and O–H groups in total. The number of carboxylic acids is 1. The topological polar surface area (TPSA) is 109 Å². The van der Waals surface area contributed by atoms with Crippen LogP contribution in [-0.4, -0.2) is 52.3 Å². The number of urea groups is 1. The molecule has 134 valence electrons. The van der Waals surface area contributed by atoms with Crippen LogP contribution in [0.25, 0.3) is 11.5 Å². The van der Waals surface area contributed by atoms with Gasteiger partial charge in [0.15, 0.2) is 5.82 Å². The number of aryl methyl sites for hydroxylation is 1. The van der Waals surface area contributed by atoms with Gasteiger partial charge in [-0.1, -0.05) is 24.2 Å². The Bertz CT molecular complexity index is 712. The van der Waals surface area contributed by atoms with Gasteiger partial charge in [0.25, 0.3) is 5.89 Å². The van der Waals surface area contributed by atoms with Gasteiger partial charge in [-0.05, 0) is 24.1 Å². The van der Waals surface area contributed by atoms with E-state index in [2.05, 4.69) is 15.5 Å². The first-order valence-corrected chi connectivity index (χ1v) is 8.12. The molecule has 0 fully saturated rings. The molecule has 0 aliphatic heterocycles. The highest BCUT2D eigenvalue weighted by Gasteiger charge is 2.10. The molecule has 0 unspecified atom stereocenters. The fraction of sp³-hybridized carbons (Fsp3) is 0.412. The minimum Gasteiger partial charge on any atom is -0.481 e. The van der Waals surface area contributed by atoms with Gasteiger partial charge in [0.2, 0.25) is 0 Å². The van der Waals surface area contributed by atoms with Crippen LogP contribution in [0.2, 0.25) is 0 Å². The molecule has 8 heteroatoms. The number of nitrogens with zero attached hydrogens (tertiary/aromatic N) is 3. The second-order valence-electron chi connectivity index (χ2n) is 5.61. The molecule has 0 bridgehead atoms. The van der Waals surface area contributed by atoms with Crippen molar-refractivity contribution in [2.75, 3.05) is 20.1 Å². The maximum absolute atomic E-state index is 11.8. The van der Waals surface area contributed by atoms with Crippen LogP contribution < -0.4 is 5.32 Å². The maximum atomic E-state index is 11.8. The van der Waals surface area contributed by atoms with Crippen molar-refractivity contribution in [3.05, 3.63) is 35.7 Å². The average Bonchev–Trinajstić information content (AvgIpc) is 3.09. The van der Waals surface area contributed by atoms with E-state index in [4.69, 9.17) is 9.63 Å². The summed E-state index contributed by atoms with van der Waals surface area (Å²) in [6, 6.07) is 7.43. The molecule has 0 aliphatic carbocycles. The summed E-state index contributed by atoms with van der Waals surface area (Å²) in [6.45, 7) is 2.61. The van der Waals surface area contributed by atoms with E-state index in [-0.39, 0.29) is 19.0 Å². The molecule has 1 heterocycles. The number of benzene rings is 1. The van der Waals surface area contributed by atoms with Crippen molar-refractivity contribution in [2.24, 2.45) is 0 Å². The Morgan fingerprint density at radius 3 is 2.60 bits per heavy atom. The number of amides is 2. The lowest BCUT2D eigenvalue weighted by atomic mass is 10.1. The normalized spacial score (nSPS) is 10.5. The monoisotopic (exact) mass is 346 g/mol. The highest BCUT2D eigenvalue weighted by Crippen LogP contribution is 2.18. The van der Waals surface area contributed by atoms with Crippen molar-refractivity contribution in [1.29, 1.82) is 0 Å². The van der Waals surface area contributed by atoms with E-state index in [1.54, 1.807) is 7.05 Å². The maximum Gasteiger partial charge on any atom is 0.317 e. The van der Waals surface area contributed by atoms with Gasteiger partial charge in [0, 0.05) is 32.1 Å². The summed E-state index contributed by atoms with van der Waals surface area (Å²) in [5, 5.41) is 15.3. The number of aliphatic carboxylic acids is 1. The van der Waals surface area contributed by atoms with Gasteiger partial charge in [-0.2, -0.15) is 4.98 Å². The summed E-state index contributed by atoms with van der Waals surface area (Å²) in [4.78, 5) is 28.0. The molecule has 0 spiro atoms. The van der Waals surface area contributed by atoms with Crippen molar-refractivity contribution in [3.63, 3.8) is 0 Å². The fourth-order valence-corrected chi connectivity index (χ4v) is 2.14. The summed E-state index contributed by atoms with van der Waals surface area (Å²) >= 11 is 0. The zero-order valence-corrected chi connectivity index (χ0v) is 14.4. The van der Waals surface area contributed by atoms with E-state index in [0.29, 0.717) is 24.7 Å². The molecule has 2 aromatic rings. The summed E-state index contributed by atoms with van der Waals surface area (Å²) in [5.74, 6) is 0.248.